The van der Waals surface area contributed by atoms with Gasteiger partial charge in [0.05, 0.1) is 11.4 Å². The summed E-state index contributed by atoms with van der Waals surface area (Å²) in [5.41, 5.74) is 1.89. The second kappa shape index (κ2) is 5.99. The Morgan fingerprint density at radius 3 is 2.55 bits per heavy atom. The Labute approximate surface area is 137 Å². The molecule has 0 spiro atoms. The van der Waals surface area contributed by atoms with Crippen LogP contribution in [0.5, 0.6) is 0 Å². The normalized spacial score (nSPS) is 15.0. The summed E-state index contributed by atoms with van der Waals surface area (Å²) in [6.07, 6.45) is 0. The average Bonchev–Trinajstić information content (AvgIpc) is 2.53. The van der Waals surface area contributed by atoms with Crippen LogP contribution in [0.25, 0.3) is 0 Å². The molecule has 0 aromatic heterocycles. The predicted octanol–water partition coefficient (Wildman–Crippen LogP) is 3.61. The van der Waals surface area contributed by atoms with Crippen LogP contribution in [-0.2, 0) is 9.59 Å². The number of carbonyl (C=O) groups is 2. The molecule has 2 amide bonds. The lowest BCUT2D eigenvalue weighted by Gasteiger charge is -2.30. The highest BCUT2D eigenvalue weighted by atomic mass is 35.5. The number of nitrogens with one attached hydrogen (secondary N) is 1. The zero-order chi connectivity index (χ0) is 15.7. The highest BCUT2D eigenvalue weighted by Gasteiger charge is 2.31. The summed E-state index contributed by atoms with van der Waals surface area (Å²) in [5.74, 6) is -0.585. The van der Waals surface area contributed by atoms with Crippen molar-refractivity contribution in [2.24, 2.45) is 0 Å². The van der Waals surface area contributed by atoms with E-state index in [1.807, 2.05) is 6.07 Å². The van der Waals surface area contributed by atoms with Crippen LogP contribution in [-0.4, -0.2) is 18.4 Å². The highest BCUT2D eigenvalue weighted by molar-refractivity contribution is 6.34. The summed E-state index contributed by atoms with van der Waals surface area (Å²) in [6.45, 7) is -0.0490. The topological polar surface area (TPSA) is 49.4 Å². The van der Waals surface area contributed by atoms with Gasteiger partial charge in [0, 0.05) is 5.02 Å². The van der Waals surface area contributed by atoms with Crippen molar-refractivity contribution in [2.45, 2.75) is 5.38 Å². The third-order valence-corrected chi connectivity index (χ3v) is 4.11. The van der Waals surface area contributed by atoms with Crippen molar-refractivity contribution in [2.75, 3.05) is 16.8 Å². The molecule has 1 N–H and O–H groups in total. The largest absolute Gasteiger partial charge is 0.323 e. The molecule has 0 radical (unpaired) electrons. The number of rotatable bonds is 2. The predicted molar refractivity (Wildman–Crippen MR) is 87.5 cm³/mol. The van der Waals surface area contributed by atoms with Gasteiger partial charge in [-0.25, -0.2) is 0 Å². The van der Waals surface area contributed by atoms with Crippen molar-refractivity contribution < 1.29 is 9.59 Å². The fourth-order valence-electron chi connectivity index (χ4n) is 2.34. The van der Waals surface area contributed by atoms with E-state index in [4.69, 9.17) is 23.2 Å². The Bertz CT molecular complexity index is 731. The lowest BCUT2D eigenvalue weighted by molar-refractivity contribution is -0.121. The summed E-state index contributed by atoms with van der Waals surface area (Å²) in [4.78, 5) is 25.9. The minimum Gasteiger partial charge on any atom is -0.323 e. The van der Waals surface area contributed by atoms with Gasteiger partial charge in [-0.2, -0.15) is 0 Å². The van der Waals surface area contributed by atoms with E-state index in [-0.39, 0.29) is 18.4 Å². The molecule has 0 fully saturated rings. The molecule has 0 aliphatic carbocycles. The first kappa shape index (κ1) is 14.9. The van der Waals surface area contributed by atoms with E-state index in [1.165, 1.54) is 4.90 Å². The van der Waals surface area contributed by atoms with E-state index >= 15 is 0 Å². The standard InChI is InChI=1S/C16H12Cl2N2O2/c17-11-7-5-10(6-8-11)15(18)16(22)20-9-14(21)19-12-3-1-2-4-13(12)20/h1-8,15H,9H2,(H,19,21). The van der Waals surface area contributed by atoms with E-state index in [0.29, 0.717) is 22.0 Å². The van der Waals surface area contributed by atoms with Gasteiger partial charge in [0.25, 0.3) is 0 Å². The Hall–Kier alpha value is -2.04. The Morgan fingerprint density at radius 1 is 1.14 bits per heavy atom. The molecule has 3 rings (SSSR count). The van der Waals surface area contributed by atoms with Crippen molar-refractivity contribution in [1.82, 2.24) is 0 Å². The van der Waals surface area contributed by atoms with E-state index < -0.39 is 5.38 Å². The van der Waals surface area contributed by atoms with Crippen LogP contribution in [0, 0.1) is 0 Å². The van der Waals surface area contributed by atoms with Crippen LogP contribution in [0.15, 0.2) is 48.5 Å². The summed E-state index contributed by atoms with van der Waals surface area (Å²) in [5, 5.41) is 2.43. The van der Waals surface area contributed by atoms with E-state index in [2.05, 4.69) is 5.32 Å². The number of carbonyl (C=O) groups excluding carboxylic acids is 2. The first-order chi connectivity index (χ1) is 10.6. The summed E-state index contributed by atoms with van der Waals surface area (Å²) in [6, 6.07) is 13.9. The third kappa shape index (κ3) is 2.80. The number of hydrogen-bond donors (Lipinski definition) is 1. The lowest BCUT2D eigenvalue weighted by Crippen LogP contribution is -2.43. The van der Waals surface area contributed by atoms with Gasteiger partial charge >= 0.3 is 0 Å². The van der Waals surface area contributed by atoms with Crippen LogP contribution in [0.3, 0.4) is 0 Å². The van der Waals surface area contributed by atoms with Gasteiger partial charge in [0.2, 0.25) is 11.8 Å². The molecule has 2 aromatic rings. The molecule has 2 aromatic carbocycles. The molecule has 1 aliphatic rings. The van der Waals surface area contributed by atoms with Gasteiger partial charge in [-0.05, 0) is 29.8 Å². The van der Waals surface area contributed by atoms with Crippen molar-refractivity contribution in [1.29, 1.82) is 0 Å². The molecule has 112 valence electrons. The van der Waals surface area contributed by atoms with Crippen LogP contribution in [0.1, 0.15) is 10.9 Å². The maximum atomic E-state index is 12.7. The number of para-hydroxylation sites is 2. The second-order valence-electron chi connectivity index (χ2n) is 4.90. The molecular weight excluding hydrogens is 323 g/mol. The fourth-order valence-corrected chi connectivity index (χ4v) is 2.73. The number of amides is 2. The van der Waals surface area contributed by atoms with E-state index in [9.17, 15) is 9.59 Å². The quantitative estimate of drug-likeness (QED) is 0.853. The van der Waals surface area contributed by atoms with Gasteiger partial charge in [0.15, 0.2) is 0 Å². The maximum Gasteiger partial charge on any atom is 0.250 e. The monoisotopic (exact) mass is 334 g/mol. The third-order valence-electron chi connectivity index (χ3n) is 3.42. The molecule has 22 heavy (non-hydrogen) atoms. The van der Waals surface area contributed by atoms with Crippen molar-refractivity contribution in [3.63, 3.8) is 0 Å². The lowest BCUT2D eigenvalue weighted by atomic mass is 10.1. The molecule has 1 unspecified atom stereocenters. The molecule has 0 saturated carbocycles. The number of alkyl halides is 1. The molecule has 1 heterocycles. The molecular formula is C16H12Cl2N2O2. The summed E-state index contributed by atoms with van der Waals surface area (Å²) < 4.78 is 0. The molecule has 1 aliphatic heterocycles. The van der Waals surface area contributed by atoms with Crippen LogP contribution in [0.4, 0.5) is 11.4 Å². The first-order valence-corrected chi connectivity index (χ1v) is 7.47. The number of fused-ring (bicyclic) bond motifs is 1. The van der Waals surface area contributed by atoms with Crippen LogP contribution < -0.4 is 10.2 Å². The van der Waals surface area contributed by atoms with E-state index in [0.717, 1.165) is 0 Å². The highest BCUT2D eigenvalue weighted by Crippen LogP contribution is 2.33. The molecule has 0 bridgehead atoms. The van der Waals surface area contributed by atoms with Crippen LogP contribution in [0.2, 0.25) is 5.02 Å². The van der Waals surface area contributed by atoms with Crippen molar-refractivity contribution in [3.8, 4) is 0 Å². The number of halogens is 2. The Kier molecular flexibility index (Phi) is 4.05. The molecule has 6 heteroatoms. The van der Waals surface area contributed by atoms with Gasteiger partial charge in [0.1, 0.15) is 11.9 Å². The minimum atomic E-state index is -0.878. The second-order valence-corrected chi connectivity index (χ2v) is 5.78. The smallest absolute Gasteiger partial charge is 0.250 e. The van der Waals surface area contributed by atoms with Gasteiger partial charge in [-0.3, -0.25) is 14.5 Å². The zero-order valence-electron chi connectivity index (χ0n) is 11.4. The summed E-state index contributed by atoms with van der Waals surface area (Å²) >= 11 is 12.1. The van der Waals surface area contributed by atoms with E-state index in [1.54, 1.807) is 42.5 Å². The average molecular weight is 335 g/mol. The SMILES string of the molecule is O=C1CN(C(=O)C(Cl)c2ccc(Cl)cc2)c2ccccc2N1. The fraction of sp³-hybridized carbons (Fsp3) is 0.125. The van der Waals surface area contributed by atoms with Gasteiger partial charge in [-0.1, -0.05) is 35.9 Å². The molecule has 4 nitrogen and oxygen atoms in total. The number of hydrogen-bond acceptors (Lipinski definition) is 2. The van der Waals surface area contributed by atoms with Crippen molar-refractivity contribution in [3.05, 3.63) is 59.1 Å². The number of benzene rings is 2. The number of anilines is 2. The molecule has 0 saturated heterocycles. The summed E-state index contributed by atoms with van der Waals surface area (Å²) in [7, 11) is 0. The first-order valence-electron chi connectivity index (χ1n) is 6.66. The van der Waals surface area contributed by atoms with Gasteiger partial charge < -0.3 is 5.32 Å². The Morgan fingerprint density at radius 2 is 1.82 bits per heavy atom. The number of nitrogens with zero attached hydrogens (tertiary/aromatic N) is 1. The van der Waals surface area contributed by atoms with Crippen molar-refractivity contribution >= 4 is 46.4 Å². The zero-order valence-corrected chi connectivity index (χ0v) is 12.9. The van der Waals surface area contributed by atoms with Gasteiger partial charge in [-0.15, -0.1) is 11.6 Å². The van der Waals surface area contributed by atoms with Crippen LogP contribution >= 0.6 is 23.2 Å². The minimum absolute atomic E-state index is 0.0490. The maximum absolute atomic E-state index is 12.7. The molecule has 1 atom stereocenters. The Balaban J connectivity index is 1.91.